The minimum Gasteiger partial charge on any atom is -0.389 e. The topological polar surface area (TPSA) is 61.4 Å². The Morgan fingerprint density at radius 2 is 1.65 bits per heavy atom. The normalized spacial score (nSPS) is 14.9. The fraction of sp³-hybridized carbons (Fsp3) is 0.923. The smallest absolute Gasteiger partial charge is 0.237 e. The highest BCUT2D eigenvalue weighted by Crippen LogP contribution is 2.20. The Kier molecular flexibility index (Phi) is 5.62. The van der Waals surface area contributed by atoms with Gasteiger partial charge in [-0.25, -0.2) is 0 Å². The zero-order valence-electron chi connectivity index (χ0n) is 12.2. The molecule has 102 valence electrons. The standard InChI is InChI=1S/C13H28N2O2/c1-9(2)15-10(12(3,4)5)11(16)14-8-13(6,7)17/h9-10,15,17H,8H2,1-7H3,(H,14,16). The average Bonchev–Trinajstić information content (AvgIpc) is 2.07. The van der Waals surface area contributed by atoms with E-state index in [2.05, 4.69) is 10.6 Å². The third-order valence-corrected chi connectivity index (χ3v) is 2.32. The minimum atomic E-state index is -0.879. The lowest BCUT2D eigenvalue weighted by molar-refractivity contribution is -0.126. The van der Waals surface area contributed by atoms with Crippen LogP contribution in [-0.4, -0.2) is 35.2 Å². The first-order valence-corrected chi connectivity index (χ1v) is 6.19. The van der Waals surface area contributed by atoms with Crippen LogP contribution < -0.4 is 10.6 Å². The highest BCUT2D eigenvalue weighted by molar-refractivity contribution is 5.82. The molecule has 17 heavy (non-hydrogen) atoms. The number of carbonyl (C=O) groups is 1. The van der Waals surface area contributed by atoms with Crippen LogP contribution in [0.1, 0.15) is 48.5 Å². The van der Waals surface area contributed by atoms with Gasteiger partial charge in [0.15, 0.2) is 0 Å². The predicted octanol–water partition coefficient (Wildman–Crippen LogP) is 1.29. The summed E-state index contributed by atoms with van der Waals surface area (Å²) in [6, 6.07) is -0.0167. The van der Waals surface area contributed by atoms with Gasteiger partial charge in [0, 0.05) is 12.6 Å². The second-order valence-corrected chi connectivity index (χ2v) is 6.65. The van der Waals surface area contributed by atoms with Crippen molar-refractivity contribution in [2.45, 2.75) is 66.2 Å². The fourth-order valence-corrected chi connectivity index (χ4v) is 1.46. The van der Waals surface area contributed by atoms with Crippen LogP contribution in [0.4, 0.5) is 0 Å². The van der Waals surface area contributed by atoms with Crippen molar-refractivity contribution in [3.05, 3.63) is 0 Å². The SMILES string of the molecule is CC(C)NC(C(=O)NCC(C)(C)O)C(C)(C)C. The fourth-order valence-electron chi connectivity index (χ4n) is 1.46. The lowest BCUT2D eigenvalue weighted by atomic mass is 9.85. The second-order valence-electron chi connectivity index (χ2n) is 6.65. The molecule has 0 saturated heterocycles. The number of hydrogen-bond donors (Lipinski definition) is 3. The number of amides is 1. The van der Waals surface area contributed by atoms with E-state index in [4.69, 9.17) is 0 Å². The first kappa shape index (κ1) is 16.4. The largest absolute Gasteiger partial charge is 0.389 e. The molecule has 1 unspecified atom stereocenters. The van der Waals surface area contributed by atoms with Gasteiger partial charge in [0.2, 0.25) is 5.91 Å². The van der Waals surface area contributed by atoms with Gasteiger partial charge in [-0.1, -0.05) is 34.6 Å². The summed E-state index contributed by atoms with van der Waals surface area (Å²) >= 11 is 0. The van der Waals surface area contributed by atoms with Crippen LogP contribution in [0, 0.1) is 5.41 Å². The maximum absolute atomic E-state index is 12.1. The number of carbonyl (C=O) groups excluding carboxylic acids is 1. The molecule has 0 radical (unpaired) electrons. The molecule has 0 heterocycles. The molecule has 0 spiro atoms. The molecule has 0 saturated carbocycles. The van der Waals surface area contributed by atoms with Crippen LogP contribution in [0.25, 0.3) is 0 Å². The van der Waals surface area contributed by atoms with Gasteiger partial charge in [-0.2, -0.15) is 0 Å². The molecule has 1 atom stereocenters. The van der Waals surface area contributed by atoms with Gasteiger partial charge in [0.05, 0.1) is 11.6 Å². The van der Waals surface area contributed by atoms with Crippen LogP contribution in [0.3, 0.4) is 0 Å². The van der Waals surface area contributed by atoms with E-state index < -0.39 is 5.60 Å². The van der Waals surface area contributed by atoms with Crippen LogP contribution in [-0.2, 0) is 4.79 Å². The van der Waals surface area contributed by atoms with E-state index in [0.717, 1.165) is 0 Å². The molecule has 0 fully saturated rings. The van der Waals surface area contributed by atoms with E-state index in [0.29, 0.717) is 0 Å². The van der Waals surface area contributed by atoms with Crippen molar-refractivity contribution in [2.24, 2.45) is 5.41 Å². The van der Waals surface area contributed by atoms with Crippen LogP contribution in [0.2, 0.25) is 0 Å². The number of hydrogen-bond acceptors (Lipinski definition) is 3. The van der Waals surface area contributed by atoms with Gasteiger partial charge in [-0.3, -0.25) is 4.79 Å². The molecule has 0 aromatic carbocycles. The van der Waals surface area contributed by atoms with E-state index in [1.165, 1.54) is 0 Å². The van der Waals surface area contributed by atoms with Gasteiger partial charge in [-0.05, 0) is 19.3 Å². The first-order valence-electron chi connectivity index (χ1n) is 6.19. The van der Waals surface area contributed by atoms with Gasteiger partial charge >= 0.3 is 0 Å². The quantitative estimate of drug-likeness (QED) is 0.683. The Balaban J connectivity index is 4.55. The van der Waals surface area contributed by atoms with Crippen molar-refractivity contribution in [2.75, 3.05) is 6.54 Å². The van der Waals surface area contributed by atoms with E-state index in [9.17, 15) is 9.90 Å². The zero-order valence-corrected chi connectivity index (χ0v) is 12.2. The van der Waals surface area contributed by atoms with Crippen LogP contribution in [0.15, 0.2) is 0 Å². The van der Waals surface area contributed by atoms with Crippen molar-refractivity contribution < 1.29 is 9.90 Å². The molecule has 0 aliphatic heterocycles. The third kappa shape index (κ3) is 7.34. The highest BCUT2D eigenvalue weighted by atomic mass is 16.3. The Morgan fingerprint density at radius 1 is 1.18 bits per heavy atom. The molecule has 0 aliphatic carbocycles. The molecule has 0 rings (SSSR count). The monoisotopic (exact) mass is 244 g/mol. The minimum absolute atomic E-state index is 0.0617. The van der Waals surface area contributed by atoms with Crippen molar-refractivity contribution in [3.8, 4) is 0 Å². The maximum atomic E-state index is 12.1. The zero-order chi connectivity index (χ0) is 13.9. The lowest BCUT2D eigenvalue weighted by Crippen LogP contribution is -2.55. The molecule has 1 amide bonds. The van der Waals surface area contributed by atoms with Crippen LogP contribution >= 0.6 is 0 Å². The summed E-state index contributed by atoms with van der Waals surface area (Å²) in [5.41, 5.74) is -1.04. The Labute approximate surface area is 105 Å². The molecular formula is C13H28N2O2. The van der Waals surface area contributed by atoms with Gasteiger partial charge in [-0.15, -0.1) is 0 Å². The summed E-state index contributed by atoms with van der Waals surface area (Å²) in [7, 11) is 0. The molecule has 0 aromatic heterocycles. The van der Waals surface area contributed by atoms with Crippen molar-refractivity contribution in [1.29, 1.82) is 0 Å². The molecule has 4 nitrogen and oxygen atoms in total. The third-order valence-electron chi connectivity index (χ3n) is 2.32. The summed E-state index contributed by atoms with van der Waals surface area (Å²) in [6.45, 7) is 13.7. The summed E-state index contributed by atoms with van der Waals surface area (Å²) in [6.07, 6.45) is 0. The van der Waals surface area contributed by atoms with Gasteiger partial charge < -0.3 is 15.7 Å². The van der Waals surface area contributed by atoms with Crippen molar-refractivity contribution >= 4 is 5.91 Å². The highest BCUT2D eigenvalue weighted by Gasteiger charge is 2.32. The maximum Gasteiger partial charge on any atom is 0.237 e. The van der Waals surface area contributed by atoms with E-state index in [-0.39, 0.29) is 30.0 Å². The Morgan fingerprint density at radius 3 is 1.94 bits per heavy atom. The van der Waals surface area contributed by atoms with Crippen molar-refractivity contribution in [1.82, 2.24) is 10.6 Å². The molecule has 0 aliphatic rings. The van der Waals surface area contributed by atoms with Crippen molar-refractivity contribution in [3.63, 3.8) is 0 Å². The molecule has 3 N–H and O–H groups in total. The van der Waals surface area contributed by atoms with E-state index >= 15 is 0 Å². The summed E-state index contributed by atoms with van der Waals surface area (Å²) in [5.74, 6) is -0.0617. The molecule has 0 aromatic rings. The number of aliphatic hydroxyl groups is 1. The molecule has 0 bridgehead atoms. The number of nitrogens with one attached hydrogen (secondary N) is 2. The van der Waals surface area contributed by atoms with Gasteiger partial charge in [0.25, 0.3) is 0 Å². The second kappa shape index (κ2) is 5.83. The number of rotatable bonds is 5. The summed E-state index contributed by atoms with van der Waals surface area (Å²) < 4.78 is 0. The Bertz CT molecular complexity index is 249. The molecular weight excluding hydrogens is 216 g/mol. The summed E-state index contributed by atoms with van der Waals surface area (Å²) in [4.78, 5) is 12.1. The van der Waals surface area contributed by atoms with Crippen LogP contribution in [0.5, 0.6) is 0 Å². The Hall–Kier alpha value is -0.610. The lowest BCUT2D eigenvalue weighted by Gasteiger charge is -2.32. The summed E-state index contributed by atoms with van der Waals surface area (Å²) in [5, 5.41) is 15.6. The average molecular weight is 244 g/mol. The van der Waals surface area contributed by atoms with E-state index in [1.807, 2.05) is 34.6 Å². The van der Waals surface area contributed by atoms with E-state index in [1.54, 1.807) is 13.8 Å². The molecule has 4 heteroatoms. The van der Waals surface area contributed by atoms with Gasteiger partial charge in [0.1, 0.15) is 0 Å². The predicted molar refractivity (Wildman–Crippen MR) is 70.8 cm³/mol. The first-order chi connectivity index (χ1) is 7.43.